The monoisotopic (exact) mass is 491 g/mol. The van der Waals surface area contributed by atoms with Gasteiger partial charge in [-0.05, 0) is 42.0 Å². The fourth-order valence-corrected chi connectivity index (χ4v) is 4.78. The molecule has 3 aromatic carbocycles. The summed E-state index contributed by atoms with van der Waals surface area (Å²) in [5.74, 6) is 0.539. The lowest BCUT2D eigenvalue weighted by atomic mass is 10.0. The number of urea groups is 1. The van der Waals surface area contributed by atoms with Crippen LogP contribution in [0.3, 0.4) is 0 Å². The number of rotatable bonds is 5. The standard InChI is InChI=1S/C26H22ClN3O5/c1-34-18-6-3-5-17(13-18)30-25(32)23-20(28-26(30)33)14-22(27)29(23)16-11-9-15(10-12-16)19-7-4-8-21(35-2)24(19)31/h3-14,20,23,31H,1-2H3,(H,28,33). The molecule has 0 aromatic heterocycles. The molecule has 5 rings (SSSR count). The number of imide groups is 1. The van der Waals surface area contributed by atoms with Crippen LogP contribution in [0.15, 0.2) is 78.0 Å². The molecule has 0 aliphatic carbocycles. The number of benzene rings is 3. The summed E-state index contributed by atoms with van der Waals surface area (Å²) in [6.07, 6.45) is 1.66. The van der Waals surface area contributed by atoms with Gasteiger partial charge < -0.3 is 24.8 Å². The molecular weight excluding hydrogens is 470 g/mol. The Morgan fingerprint density at radius 2 is 1.69 bits per heavy atom. The van der Waals surface area contributed by atoms with E-state index in [-0.39, 0.29) is 5.75 Å². The highest BCUT2D eigenvalue weighted by molar-refractivity contribution is 6.33. The minimum Gasteiger partial charge on any atom is -0.504 e. The van der Waals surface area contributed by atoms with E-state index in [1.165, 1.54) is 14.2 Å². The number of anilines is 2. The number of phenols is 1. The van der Waals surface area contributed by atoms with E-state index in [9.17, 15) is 14.7 Å². The maximum atomic E-state index is 13.6. The van der Waals surface area contributed by atoms with Crippen LogP contribution in [0.2, 0.25) is 0 Å². The van der Waals surface area contributed by atoms with E-state index in [4.69, 9.17) is 21.1 Å². The molecule has 0 saturated carbocycles. The molecule has 8 nitrogen and oxygen atoms in total. The van der Waals surface area contributed by atoms with Gasteiger partial charge in [0.25, 0.3) is 5.91 Å². The van der Waals surface area contributed by atoms with Crippen molar-refractivity contribution in [2.45, 2.75) is 12.1 Å². The molecule has 9 heteroatoms. The van der Waals surface area contributed by atoms with E-state index >= 15 is 0 Å². The van der Waals surface area contributed by atoms with Gasteiger partial charge in [0.1, 0.15) is 16.9 Å². The number of methoxy groups -OCH3 is 2. The number of hydrogen-bond donors (Lipinski definition) is 2. The van der Waals surface area contributed by atoms with Crippen molar-refractivity contribution in [2.24, 2.45) is 0 Å². The molecule has 0 radical (unpaired) electrons. The SMILES string of the molecule is COc1cccc(N2C(=O)NC3C=C(Cl)N(c4ccc(-c5cccc(OC)c5O)cc4)C3C2=O)c1. The van der Waals surface area contributed by atoms with E-state index in [1.54, 1.807) is 53.4 Å². The van der Waals surface area contributed by atoms with Crippen molar-refractivity contribution in [3.8, 4) is 28.4 Å². The Morgan fingerprint density at radius 3 is 2.40 bits per heavy atom. The number of nitrogens with zero attached hydrogens (tertiary/aromatic N) is 2. The molecule has 35 heavy (non-hydrogen) atoms. The van der Waals surface area contributed by atoms with Gasteiger partial charge in [0.2, 0.25) is 0 Å². The lowest BCUT2D eigenvalue weighted by Gasteiger charge is -2.38. The Balaban J connectivity index is 1.47. The molecule has 2 heterocycles. The molecule has 2 aliphatic rings. The van der Waals surface area contributed by atoms with Crippen LogP contribution in [-0.2, 0) is 4.79 Å². The molecule has 178 valence electrons. The van der Waals surface area contributed by atoms with Crippen LogP contribution in [0, 0.1) is 0 Å². The highest BCUT2D eigenvalue weighted by Gasteiger charge is 2.48. The minimum atomic E-state index is -0.762. The number of para-hydroxylation sites is 1. The summed E-state index contributed by atoms with van der Waals surface area (Å²) in [7, 11) is 3.01. The molecule has 0 bridgehead atoms. The third kappa shape index (κ3) is 3.81. The molecule has 1 fully saturated rings. The number of fused-ring (bicyclic) bond motifs is 1. The second kappa shape index (κ2) is 8.88. The molecule has 2 atom stereocenters. The molecule has 0 spiro atoms. The smallest absolute Gasteiger partial charge is 0.329 e. The number of aromatic hydroxyl groups is 1. The number of carbonyl (C=O) groups excluding carboxylic acids is 2. The molecule has 1 saturated heterocycles. The van der Waals surface area contributed by atoms with E-state index in [0.717, 1.165) is 10.5 Å². The van der Waals surface area contributed by atoms with Gasteiger partial charge in [-0.15, -0.1) is 0 Å². The Bertz CT molecular complexity index is 1340. The van der Waals surface area contributed by atoms with E-state index in [2.05, 4.69) is 5.32 Å². The van der Waals surface area contributed by atoms with E-state index in [1.807, 2.05) is 24.3 Å². The van der Waals surface area contributed by atoms with Crippen molar-refractivity contribution in [2.75, 3.05) is 24.0 Å². The second-order valence-corrected chi connectivity index (χ2v) is 8.45. The first-order valence-electron chi connectivity index (χ1n) is 10.8. The average Bonchev–Trinajstić information content (AvgIpc) is 3.20. The molecule has 3 amide bonds. The predicted molar refractivity (Wildman–Crippen MR) is 133 cm³/mol. The van der Waals surface area contributed by atoms with Crippen LogP contribution in [0.5, 0.6) is 17.2 Å². The van der Waals surface area contributed by atoms with Crippen molar-refractivity contribution in [3.63, 3.8) is 0 Å². The third-order valence-electron chi connectivity index (χ3n) is 6.12. The number of carbonyl (C=O) groups is 2. The van der Waals surface area contributed by atoms with Gasteiger partial charge in [0.05, 0.1) is 25.9 Å². The van der Waals surface area contributed by atoms with Gasteiger partial charge in [-0.3, -0.25) is 4.79 Å². The first kappa shape index (κ1) is 22.6. The number of phenolic OH excluding ortho intramolecular Hbond substituents is 1. The Hall–Kier alpha value is -4.17. The molecule has 2 aliphatic heterocycles. The molecule has 2 unspecified atom stereocenters. The van der Waals surface area contributed by atoms with Gasteiger partial charge in [0.15, 0.2) is 11.5 Å². The number of amides is 3. The lowest BCUT2D eigenvalue weighted by molar-refractivity contribution is -0.119. The normalized spacial score (nSPS) is 19.2. The predicted octanol–water partition coefficient (Wildman–Crippen LogP) is 4.47. The average molecular weight is 492 g/mol. The van der Waals surface area contributed by atoms with Crippen molar-refractivity contribution >= 4 is 34.9 Å². The third-order valence-corrected chi connectivity index (χ3v) is 6.43. The first-order valence-corrected chi connectivity index (χ1v) is 11.2. The van der Waals surface area contributed by atoms with Crippen LogP contribution >= 0.6 is 11.6 Å². The zero-order valence-corrected chi connectivity index (χ0v) is 19.7. The van der Waals surface area contributed by atoms with E-state index in [0.29, 0.717) is 33.6 Å². The lowest BCUT2D eigenvalue weighted by Crippen LogP contribution is -2.65. The summed E-state index contributed by atoms with van der Waals surface area (Å²) in [6.45, 7) is 0. The van der Waals surface area contributed by atoms with Crippen LogP contribution in [0.4, 0.5) is 16.2 Å². The zero-order valence-electron chi connectivity index (χ0n) is 18.9. The molecule has 2 N–H and O–H groups in total. The van der Waals surface area contributed by atoms with Crippen LogP contribution < -0.4 is 24.6 Å². The zero-order chi connectivity index (χ0) is 24.7. The van der Waals surface area contributed by atoms with Crippen molar-refractivity contribution in [1.29, 1.82) is 0 Å². The van der Waals surface area contributed by atoms with Gasteiger partial charge >= 0.3 is 6.03 Å². The number of hydrogen-bond acceptors (Lipinski definition) is 6. The highest BCUT2D eigenvalue weighted by Crippen LogP contribution is 2.40. The summed E-state index contributed by atoms with van der Waals surface area (Å²) in [5.41, 5.74) is 2.45. The quantitative estimate of drug-likeness (QED) is 0.512. The Morgan fingerprint density at radius 1 is 0.943 bits per heavy atom. The summed E-state index contributed by atoms with van der Waals surface area (Å²) >= 11 is 6.55. The van der Waals surface area contributed by atoms with Crippen molar-refractivity contribution in [1.82, 2.24) is 5.32 Å². The summed E-state index contributed by atoms with van der Waals surface area (Å²) < 4.78 is 10.4. The molecule has 3 aromatic rings. The van der Waals surface area contributed by atoms with Crippen LogP contribution in [0.1, 0.15) is 0 Å². The number of halogens is 1. The maximum Gasteiger partial charge on any atom is 0.329 e. The van der Waals surface area contributed by atoms with Crippen LogP contribution in [-0.4, -0.2) is 43.3 Å². The largest absolute Gasteiger partial charge is 0.504 e. The van der Waals surface area contributed by atoms with Gasteiger partial charge in [-0.25, -0.2) is 9.69 Å². The summed E-state index contributed by atoms with van der Waals surface area (Å²) in [4.78, 5) is 29.2. The number of ether oxygens (including phenoxy) is 2. The molecular formula is C26H22ClN3O5. The fourth-order valence-electron chi connectivity index (χ4n) is 4.44. The number of nitrogens with one attached hydrogen (secondary N) is 1. The summed E-state index contributed by atoms with van der Waals surface area (Å²) in [5, 5.41) is 13.7. The van der Waals surface area contributed by atoms with E-state index < -0.39 is 24.0 Å². The minimum absolute atomic E-state index is 0.0426. The fraction of sp³-hybridized carbons (Fsp3) is 0.154. The topological polar surface area (TPSA) is 91.3 Å². The highest BCUT2D eigenvalue weighted by atomic mass is 35.5. The van der Waals surface area contributed by atoms with Gasteiger partial charge in [-0.1, -0.05) is 41.9 Å². The van der Waals surface area contributed by atoms with Gasteiger partial charge in [0, 0.05) is 17.3 Å². The maximum absolute atomic E-state index is 13.6. The Labute approximate surface area is 206 Å². The van der Waals surface area contributed by atoms with Crippen molar-refractivity contribution in [3.05, 3.63) is 78.0 Å². The van der Waals surface area contributed by atoms with Crippen molar-refractivity contribution < 1.29 is 24.2 Å². The summed E-state index contributed by atoms with van der Waals surface area (Å²) in [6, 6.07) is 17.4. The second-order valence-electron chi connectivity index (χ2n) is 8.06. The first-order chi connectivity index (χ1) is 16.9. The van der Waals surface area contributed by atoms with Crippen LogP contribution in [0.25, 0.3) is 11.1 Å². The van der Waals surface area contributed by atoms with Gasteiger partial charge in [-0.2, -0.15) is 0 Å². The Kier molecular flexibility index (Phi) is 5.74.